The van der Waals surface area contributed by atoms with E-state index in [1.807, 2.05) is 0 Å². The molecular formula is C26H26Cl2N2O7S. The van der Waals surface area contributed by atoms with Crippen molar-refractivity contribution in [1.82, 2.24) is 4.31 Å². The van der Waals surface area contributed by atoms with E-state index in [4.69, 9.17) is 37.4 Å². The number of carbonyl (C=O) groups is 1. The lowest BCUT2D eigenvalue weighted by Gasteiger charge is -2.26. The van der Waals surface area contributed by atoms with E-state index in [0.29, 0.717) is 40.2 Å². The predicted molar refractivity (Wildman–Crippen MR) is 141 cm³/mol. The van der Waals surface area contributed by atoms with Crippen LogP contribution in [0.1, 0.15) is 30.1 Å². The third-order valence-corrected chi connectivity index (χ3v) is 8.88. The first kappa shape index (κ1) is 28.0. The van der Waals surface area contributed by atoms with E-state index in [9.17, 15) is 18.4 Å². The first-order valence-corrected chi connectivity index (χ1v) is 13.9. The molecule has 1 fully saturated rings. The Kier molecular flexibility index (Phi) is 8.67. The highest BCUT2D eigenvalue weighted by atomic mass is 35.5. The number of nitrogens with zero attached hydrogens (tertiary/aromatic N) is 2. The smallest absolute Gasteiger partial charge is 0.325 e. The maximum absolute atomic E-state index is 13.5. The molecule has 0 amide bonds. The largest absolute Gasteiger partial charge is 0.619 e. The van der Waals surface area contributed by atoms with Gasteiger partial charge in [-0.1, -0.05) is 47.5 Å². The van der Waals surface area contributed by atoms with Crippen molar-refractivity contribution < 1.29 is 32.2 Å². The van der Waals surface area contributed by atoms with Crippen molar-refractivity contribution in [2.45, 2.75) is 36.3 Å². The summed E-state index contributed by atoms with van der Waals surface area (Å²) in [6, 6.07) is 12.0. The number of rotatable bonds is 9. The van der Waals surface area contributed by atoms with Gasteiger partial charge in [0.2, 0.25) is 10.0 Å². The molecule has 0 radical (unpaired) electrons. The standard InChI is InChI=1S/C26H26Cl2N2O7S/c1-35-23-11-10-17(13-25(23)36-2)24(14-19-20(27)15-29(32)16-21(19)28)37-26(31)22-9-6-12-30(22)38(33,34)18-7-4-3-5-8-18/h3-5,7-8,10-11,13,15-16,22,24H,6,9,12,14H2,1-2H3. The molecule has 2 unspecified atom stereocenters. The fourth-order valence-corrected chi connectivity index (χ4v) is 6.67. The molecule has 0 aliphatic carbocycles. The Hall–Kier alpha value is -3.05. The van der Waals surface area contributed by atoms with Gasteiger partial charge < -0.3 is 19.4 Å². The Morgan fingerprint density at radius 1 is 1.08 bits per heavy atom. The van der Waals surface area contributed by atoms with Gasteiger partial charge in [-0.3, -0.25) is 4.79 Å². The minimum atomic E-state index is -3.91. The second-order valence-corrected chi connectivity index (χ2v) is 11.3. The molecule has 0 N–H and O–H groups in total. The summed E-state index contributed by atoms with van der Waals surface area (Å²) in [5.74, 6) is 0.173. The van der Waals surface area contributed by atoms with Crippen LogP contribution in [0.2, 0.25) is 10.0 Å². The number of halogens is 2. The van der Waals surface area contributed by atoms with Crippen molar-refractivity contribution in [2.24, 2.45) is 0 Å². The van der Waals surface area contributed by atoms with E-state index < -0.39 is 28.1 Å². The van der Waals surface area contributed by atoms with Gasteiger partial charge in [-0.05, 0) is 42.7 Å². The van der Waals surface area contributed by atoms with Crippen LogP contribution in [0.15, 0.2) is 65.8 Å². The van der Waals surface area contributed by atoms with E-state index in [1.165, 1.54) is 30.7 Å². The van der Waals surface area contributed by atoms with Crippen molar-refractivity contribution in [3.05, 3.63) is 87.3 Å². The number of methoxy groups -OCH3 is 2. The van der Waals surface area contributed by atoms with Gasteiger partial charge in [-0.25, -0.2) is 8.42 Å². The van der Waals surface area contributed by atoms with Gasteiger partial charge in [-0.2, -0.15) is 9.04 Å². The fraction of sp³-hybridized carbons (Fsp3) is 0.308. The van der Waals surface area contributed by atoms with E-state index in [0.717, 1.165) is 12.4 Å². The van der Waals surface area contributed by atoms with Crippen LogP contribution >= 0.6 is 23.2 Å². The van der Waals surface area contributed by atoms with Crippen LogP contribution in [0, 0.1) is 5.21 Å². The first-order valence-electron chi connectivity index (χ1n) is 11.7. The lowest BCUT2D eigenvalue weighted by atomic mass is 10.0. The van der Waals surface area contributed by atoms with Crippen LogP contribution in [0.5, 0.6) is 11.5 Å². The van der Waals surface area contributed by atoms with Gasteiger partial charge in [-0.15, -0.1) is 0 Å². The van der Waals surface area contributed by atoms with Crippen LogP contribution < -0.4 is 14.2 Å². The third kappa shape index (κ3) is 5.83. The van der Waals surface area contributed by atoms with Crippen molar-refractivity contribution in [3.8, 4) is 11.5 Å². The van der Waals surface area contributed by atoms with Crippen molar-refractivity contribution >= 4 is 39.2 Å². The monoisotopic (exact) mass is 580 g/mol. The van der Waals surface area contributed by atoms with Crippen molar-refractivity contribution in [2.75, 3.05) is 20.8 Å². The summed E-state index contributed by atoms with van der Waals surface area (Å²) >= 11 is 12.6. The lowest BCUT2D eigenvalue weighted by molar-refractivity contribution is -0.605. The molecule has 1 saturated heterocycles. The summed E-state index contributed by atoms with van der Waals surface area (Å²) in [6.07, 6.45) is 2.22. The van der Waals surface area contributed by atoms with E-state index in [2.05, 4.69) is 0 Å². The number of hydrogen-bond donors (Lipinski definition) is 0. The van der Waals surface area contributed by atoms with Crippen LogP contribution in [0.3, 0.4) is 0 Å². The molecular weight excluding hydrogens is 555 g/mol. The summed E-state index contributed by atoms with van der Waals surface area (Å²) in [5.41, 5.74) is 0.936. The highest BCUT2D eigenvalue weighted by molar-refractivity contribution is 7.89. The zero-order chi connectivity index (χ0) is 27.4. The number of pyridine rings is 1. The number of aromatic nitrogens is 1. The van der Waals surface area contributed by atoms with Crippen molar-refractivity contribution in [3.63, 3.8) is 0 Å². The second kappa shape index (κ2) is 11.8. The molecule has 0 saturated carbocycles. The maximum atomic E-state index is 13.5. The Morgan fingerprint density at radius 2 is 1.74 bits per heavy atom. The van der Waals surface area contributed by atoms with E-state index in [1.54, 1.807) is 36.4 Å². The fourth-order valence-electron chi connectivity index (χ4n) is 4.40. The molecule has 1 aliphatic rings. The normalized spacial score (nSPS) is 16.7. The number of carbonyl (C=O) groups excluding carboxylic acids is 1. The molecule has 1 aromatic heterocycles. The molecule has 2 aromatic carbocycles. The van der Waals surface area contributed by atoms with Crippen LogP contribution in [-0.4, -0.2) is 45.5 Å². The highest BCUT2D eigenvalue weighted by Gasteiger charge is 2.41. The maximum Gasteiger partial charge on any atom is 0.325 e. The molecule has 0 spiro atoms. The summed E-state index contributed by atoms with van der Waals surface area (Å²) in [5, 5.41) is 11.9. The third-order valence-electron chi connectivity index (χ3n) is 6.31. The summed E-state index contributed by atoms with van der Waals surface area (Å²) < 4.78 is 44.9. The van der Waals surface area contributed by atoms with Gasteiger partial charge in [0.15, 0.2) is 23.9 Å². The van der Waals surface area contributed by atoms with Gasteiger partial charge in [0, 0.05) is 18.5 Å². The highest BCUT2D eigenvalue weighted by Crippen LogP contribution is 2.36. The zero-order valence-electron chi connectivity index (χ0n) is 20.7. The van der Waals surface area contributed by atoms with Crippen LogP contribution in [0.4, 0.5) is 0 Å². The lowest BCUT2D eigenvalue weighted by Crippen LogP contribution is -2.41. The first-order chi connectivity index (χ1) is 18.1. The molecule has 2 atom stereocenters. The molecule has 2 heterocycles. The molecule has 12 heteroatoms. The molecule has 0 bridgehead atoms. The minimum absolute atomic E-state index is 0.0257. The van der Waals surface area contributed by atoms with E-state index >= 15 is 0 Å². The van der Waals surface area contributed by atoms with Crippen molar-refractivity contribution in [1.29, 1.82) is 0 Å². The second-order valence-electron chi connectivity index (χ2n) is 8.62. The zero-order valence-corrected chi connectivity index (χ0v) is 23.0. The molecule has 1 aliphatic heterocycles. The summed E-state index contributed by atoms with van der Waals surface area (Å²) in [6.45, 7) is 0.192. The molecule has 202 valence electrons. The number of benzene rings is 2. The Labute approximate surface area is 231 Å². The number of esters is 1. The average Bonchev–Trinajstić information content (AvgIpc) is 3.41. The quantitative estimate of drug-likeness (QED) is 0.210. The number of hydrogen-bond acceptors (Lipinski definition) is 7. The predicted octanol–water partition coefficient (Wildman–Crippen LogP) is 4.32. The summed E-state index contributed by atoms with van der Waals surface area (Å²) in [4.78, 5) is 13.6. The van der Waals surface area contributed by atoms with Gasteiger partial charge in [0.05, 0.1) is 19.1 Å². The van der Waals surface area contributed by atoms with E-state index in [-0.39, 0.29) is 27.9 Å². The SMILES string of the molecule is COc1ccc(C(Cc2c(Cl)c[n+]([O-])cc2Cl)OC(=O)C2CCCN2S(=O)(=O)c2ccccc2)cc1OC. The summed E-state index contributed by atoms with van der Waals surface area (Å²) in [7, 11) is -0.938. The molecule has 38 heavy (non-hydrogen) atoms. The molecule has 4 rings (SSSR count). The minimum Gasteiger partial charge on any atom is -0.619 e. The van der Waals surface area contributed by atoms with Gasteiger partial charge in [0.25, 0.3) is 0 Å². The number of ether oxygens (including phenoxy) is 3. The van der Waals surface area contributed by atoms with Gasteiger partial charge >= 0.3 is 5.97 Å². The van der Waals surface area contributed by atoms with Crippen LogP contribution in [-0.2, 0) is 26.0 Å². The Bertz CT molecular complexity index is 1400. The average molecular weight is 581 g/mol. The number of sulfonamides is 1. The Balaban J connectivity index is 1.68. The van der Waals surface area contributed by atoms with Crippen LogP contribution in [0.25, 0.3) is 0 Å². The topological polar surface area (TPSA) is 109 Å². The molecule has 3 aromatic rings. The van der Waals surface area contributed by atoms with Gasteiger partial charge in [0.1, 0.15) is 22.2 Å². The Morgan fingerprint density at radius 3 is 2.37 bits per heavy atom. The molecule has 9 nitrogen and oxygen atoms in total.